The SMILES string of the molecule is Cc1ccc(S(=O)(=O)Cc2nc3ccccc3cc2S(=O)(=O)c2ccc(C)cc2)cc1. The first kappa shape index (κ1) is 21.2. The van der Waals surface area contributed by atoms with Gasteiger partial charge in [0.25, 0.3) is 0 Å². The first-order chi connectivity index (χ1) is 14.7. The van der Waals surface area contributed by atoms with Crippen LogP contribution in [0.25, 0.3) is 10.9 Å². The van der Waals surface area contributed by atoms with Crippen molar-refractivity contribution in [1.29, 1.82) is 0 Å². The lowest BCUT2D eigenvalue weighted by Gasteiger charge is -2.13. The molecule has 7 heteroatoms. The normalized spacial score (nSPS) is 12.2. The van der Waals surface area contributed by atoms with E-state index in [1.165, 1.54) is 30.3 Å². The number of hydrogen-bond acceptors (Lipinski definition) is 5. The van der Waals surface area contributed by atoms with Crippen LogP contribution in [0.3, 0.4) is 0 Å². The molecule has 0 aliphatic carbocycles. The summed E-state index contributed by atoms with van der Waals surface area (Å²) in [6, 6.07) is 21.5. The Hall–Kier alpha value is -3.03. The largest absolute Gasteiger partial charge is 0.250 e. The highest BCUT2D eigenvalue weighted by Crippen LogP contribution is 2.29. The molecule has 0 aliphatic rings. The molecule has 0 fully saturated rings. The molecule has 0 spiro atoms. The van der Waals surface area contributed by atoms with E-state index in [0.717, 1.165) is 11.1 Å². The van der Waals surface area contributed by atoms with E-state index in [1.54, 1.807) is 48.5 Å². The predicted octanol–water partition coefficient (Wildman–Crippen LogP) is 4.66. The van der Waals surface area contributed by atoms with Gasteiger partial charge in [0.2, 0.25) is 9.84 Å². The van der Waals surface area contributed by atoms with Crippen LogP contribution in [0.15, 0.2) is 93.5 Å². The molecule has 0 bridgehead atoms. The lowest BCUT2D eigenvalue weighted by molar-refractivity contribution is 0.591. The number of fused-ring (bicyclic) bond motifs is 1. The van der Waals surface area contributed by atoms with Crippen LogP contribution in [-0.4, -0.2) is 21.8 Å². The number of aryl methyl sites for hydroxylation is 2. The van der Waals surface area contributed by atoms with E-state index in [0.29, 0.717) is 10.9 Å². The minimum atomic E-state index is -3.97. The first-order valence-electron chi connectivity index (χ1n) is 9.67. The second-order valence-electron chi connectivity index (χ2n) is 7.51. The van der Waals surface area contributed by atoms with Crippen LogP contribution in [0.4, 0.5) is 0 Å². The molecule has 0 unspecified atom stereocenters. The van der Waals surface area contributed by atoms with Gasteiger partial charge in [0, 0.05) is 5.39 Å². The molecule has 4 aromatic rings. The molecule has 0 aliphatic heterocycles. The molecule has 0 amide bonds. The average Bonchev–Trinajstić information content (AvgIpc) is 2.73. The quantitative estimate of drug-likeness (QED) is 0.441. The Kier molecular flexibility index (Phi) is 5.41. The topological polar surface area (TPSA) is 81.2 Å². The summed E-state index contributed by atoms with van der Waals surface area (Å²) in [5.74, 6) is -0.513. The number of rotatable bonds is 5. The van der Waals surface area contributed by atoms with Crippen molar-refractivity contribution in [3.05, 3.63) is 95.7 Å². The summed E-state index contributed by atoms with van der Waals surface area (Å²) in [7, 11) is -7.76. The van der Waals surface area contributed by atoms with Gasteiger partial charge in [-0.3, -0.25) is 4.98 Å². The molecule has 158 valence electrons. The zero-order chi connectivity index (χ0) is 22.2. The Morgan fingerprint density at radius 1 is 0.710 bits per heavy atom. The van der Waals surface area contributed by atoms with Crippen LogP contribution >= 0.6 is 0 Å². The van der Waals surface area contributed by atoms with Crippen LogP contribution in [0, 0.1) is 13.8 Å². The molecular weight excluding hydrogens is 430 g/mol. The number of pyridine rings is 1. The van der Waals surface area contributed by atoms with Crippen molar-refractivity contribution in [3.8, 4) is 0 Å². The zero-order valence-corrected chi connectivity index (χ0v) is 18.7. The van der Waals surface area contributed by atoms with Gasteiger partial charge < -0.3 is 0 Å². The Morgan fingerprint density at radius 2 is 1.26 bits per heavy atom. The van der Waals surface area contributed by atoms with Crippen molar-refractivity contribution >= 4 is 30.6 Å². The maximum Gasteiger partial charge on any atom is 0.208 e. The molecule has 0 saturated heterocycles. The van der Waals surface area contributed by atoms with Gasteiger partial charge in [0.05, 0.1) is 31.6 Å². The average molecular weight is 452 g/mol. The van der Waals surface area contributed by atoms with Gasteiger partial charge in [-0.1, -0.05) is 53.6 Å². The summed E-state index contributed by atoms with van der Waals surface area (Å²) in [6.45, 7) is 3.74. The first-order valence-corrected chi connectivity index (χ1v) is 12.8. The molecule has 1 heterocycles. The summed E-state index contributed by atoms with van der Waals surface area (Å²) < 4.78 is 53.0. The molecule has 0 saturated carbocycles. The van der Waals surface area contributed by atoms with Crippen molar-refractivity contribution in [2.24, 2.45) is 0 Å². The summed E-state index contributed by atoms with van der Waals surface area (Å²) in [4.78, 5) is 4.59. The summed E-state index contributed by atoms with van der Waals surface area (Å²) in [6.07, 6.45) is 0. The second kappa shape index (κ2) is 7.90. The van der Waals surface area contributed by atoms with Gasteiger partial charge in [0.1, 0.15) is 0 Å². The molecule has 31 heavy (non-hydrogen) atoms. The van der Waals surface area contributed by atoms with Gasteiger partial charge >= 0.3 is 0 Å². The highest BCUT2D eigenvalue weighted by atomic mass is 32.2. The van der Waals surface area contributed by atoms with Gasteiger partial charge in [-0.25, -0.2) is 16.8 Å². The summed E-state index contributed by atoms with van der Waals surface area (Å²) in [5.41, 5.74) is 2.42. The Labute approximate surface area is 182 Å². The van der Waals surface area contributed by atoms with Crippen LogP contribution in [0.1, 0.15) is 16.8 Å². The van der Waals surface area contributed by atoms with Gasteiger partial charge in [-0.05, 0) is 50.2 Å². The standard InChI is InChI=1S/C24H21NO4S2/c1-17-7-11-20(12-8-17)30(26,27)16-23-24(15-19-5-3-4-6-22(19)25-23)31(28,29)21-13-9-18(2)10-14-21/h3-15H,16H2,1-2H3. The van der Waals surface area contributed by atoms with E-state index in [4.69, 9.17) is 0 Å². The maximum atomic E-state index is 13.4. The van der Waals surface area contributed by atoms with Crippen molar-refractivity contribution in [3.63, 3.8) is 0 Å². The lowest BCUT2D eigenvalue weighted by Crippen LogP contribution is -2.13. The molecule has 0 atom stereocenters. The van der Waals surface area contributed by atoms with Crippen LogP contribution in [-0.2, 0) is 25.4 Å². The highest BCUT2D eigenvalue weighted by molar-refractivity contribution is 7.92. The second-order valence-corrected chi connectivity index (χ2v) is 11.4. The molecule has 3 aromatic carbocycles. The summed E-state index contributed by atoms with van der Waals surface area (Å²) in [5, 5.41) is 0.629. The van der Waals surface area contributed by atoms with E-state index in [9.17, 15) is 16.8 Å². The number of aromatic nitrogens is 1. The Bertz CT molecular complexity index is 1470. The van der Waals surface area contributed by atoms with E-state index < -0.39 is 25.4 Å². The van der Waals surface area contributed by atoms with Crippen LogP contribution in [0.2, 0.25) is 0 Å². The minimum Gasteiger partial charge on any atom is -0.250 e. The molecule has 4 rings (SSSR count). The fourth-order valence-corrected chi connectivity index (χ4v) is 6.17. The van der Waals surface area contributed by atoms with E-state index in [2.05, 4.69) is 4.98 Å². The van der Waals surface area contributed by atoms with E-state index in [1.807, 2.05) is 13.8 Å². The van der Waals surface area contributed by atoms with Crippen LogP contribution < -0.4 is 0 Å². The Morgan fingerprint density at radius 3 is 1.87 bits per heavy atom. The fraction of sp³-hybridized carbons (Fsp3) is 0.125. The van der Waals surface area contributed by atoms with E-state index >= 15 is 0 Å². The predicted molar refractivity (Wildman–Crippen MR) is 120 cm³/mol. The number of para-hydroxylation sites is 1. The monoisotopic (exact) mass is 451 g/mol. The third-order valence-electron chi connectivity index (χ3n) is 5.09. The third-order valence-corrected chi connectivity index (χ3v) is 8.56. The third kappa shape index (κ3) is 4.24. The van der Waals surface area contributed by atoms with E-state index in [-0.39, 0.29) is 20.4 Å². The smallest absolute Gasteiger partial charge is 0.208 e. The molecule has 0 N–H and O–H groups in total. The molecule has 0 radical (unpaired) electrons. The molecule has 1 aromatic heterocycles. The number of sulfone groups is 2. The number of hydrogen-bond donors (Lipinski definition) is 0. The van der Waals surface area contributed by atoms with Gasteiger partial charge in [-0.2, -0.15) is 0 Å². The number of nitrogens with zero attached hydrogens (tertiary/aromatic N) is 1. The van der Waals surface area contributed by atoms with Gasteiger partial charge in [0.15, 0.2) is 9.84 Å². The van der Waals surface area contributed by atoms with Gasteiger partial charge in [-0.15, -0.1) is 0 Å². The van der Waals surface area contributed by atoms with Crippen LogP contribution in [0.5, 0.6) is 0 Å². The zero-order valence-electron chi connectivity index (χ0n) is 17.1. The van der Waals surface area contributed by atoms with Crippen molar-refractivity contribution in [2.45, 2.75) is 34.3 Å². The summed E-state index contributed by atoms with van der Waals surface area (Å²) >= 11 is 0. The Balaban J connectivity index is 1.90. The van der Waals surface area contributed by atoms with Crippen molar-refractivity contribution in [1.82, 2.24) is 4.98 Å². The fourth-order valence-electron chi connectivity index (χ4n) is 3.33. The highest BCUT2D eigenvalue weighted by Gasteiger charge is 2.27. The molecular formula is C24H21NO4S2. The van der Waals surface area contributed by atoms with Crippen molar-refractivity contribution in [2.75, 3.05) is 0 Å². The lowest BCUT2D eigenvalue weighted by atomic mass is 10.2. The van der Waals surface area contributed by atoms with Crippen molar-refractivity contribution < 1.29 is 16.8 Å². The molecule has 5 nitrogen and oxygen atoms in total. The maximum absolute atomic E-state index is 13.4. The minimum absolute atomic E-state index is 0.0138. The number of benzene rings is 3.